The molecule has 0 N–H and O–H groups in total. The highest BCUT2D eigenvalue weighted by Crippen LogP contribution is 2.27. The fourth-order valence-corrected chi connectivity index (χ4v) is 1.57. The standard InChI is InChI=1S/C13H20/c1-6-13(4,5)12-8-10(2)7-11(3)9-12/h7-9H,6H2,1-5H3. The van der Waals surface area contributed by atoms with Crippen LogP contribution >= 0.6 is 0 Å². The molecule has 0 nitrogen and oxygen atoms in total. The predicted molar refractivity (Wildman–Crippen MR) is 59.2 cm³/mol. The molecule has 0 heteroatoms. The van der Waals surface area contributed by atoms with E-state index in [-0.39, 0.29) is 0 Å². The maximum absolute atomic E-state index is 2.31. The van der Waals surface area contributed by atoms with Crippen LogP contribution in [-0.4, -0.2) is 0 Å². The molecule has 1 rings (SSSR count). The van der Waals surface area contributed by atoms with Crippen molar-refractivity contribution in [2.45, 2.75) is 46.5 Å². The van der Waals surface area contributed by atoms with Crippen molar-refractivity contribution in [2.24, 2.45) is 0 Å². The Kier molecular flexibility index (Phi) is 2.80. The first-order valence-electron chi connectivity index (χ1n) is 5.04. The minimum Gasteiger partial charge on any atom is -0.0646 e. The van der Waals surface area contributed by atoms with E-state index in [1.807, 2.05) is 0 Å². The molecule has 0 saturated carbocycles. The molecule has 0 unspecified atom stereocenters. The van der Waals surface area contributed by atoms with Crippen molar-refractivity contribution in [3.8, 4) is 0 Å². The lowest BCUT2D eigenvalue weighted by Crippen LogP contribution is -2.15. The normalized spacial score (nSPS) is 11.8. The van der Waals surface area contributed by atoms with E-state index >= 15 is 0 Å². The fourth-order valence-electron chi connectivity index (χ4n) is 1.57. The maximum Gasteiger partial charge on any atom is -0.0106 e. The molecule has 0 aliphatic rings. The number of rotatable bonds is 2. The zero-order chi connectivity index (χ0) is 10.1. The second-order valence-corrected chi connectivity index (χ2v) is 4.61. The highest BCUT2D eigenvalue weighted by Gasteiger charge is 2.17. The van der Waals surface area contributed by atoms with Crippen LogP contribution in [0.3, 0.4) is 0 Å². The summed E-state index contributed by atoms with van der Waals surface area (Å²) in [7, 11) is 0. The molecule has 1 aromatic rings. The summed E-state index contributed by atoms with van der Waals surface area (Å²) in [5.74, 6) is 0. The summed E-state index contributed by atoms with van der Waals surface area (Å²) in [5, 5.41) is 0. The molecular weight excluding hydrogens is 156 g/mol. The first kappa shape index (κ1) is 10.3. The molecule has 0 atom stereocenters. The van der Waals surface area contributed by atoms with Gasteiger partial charge in [-0.05, 0) is 31.2 Å². The first-order valence-corrected chi connectivity index (χ1v) is 5.04. The monoisotopic (exact) mass is 176 g/mol. The summed E-state index contributed by atoms with van der Waals surface area (Å²) in [6.45, 7) is 11.2. The SMILES string of the molecule is CCC(C)(C)c1cc(C)cc(C)c1. The Morgan fingerprint density at radius 3 is 1.85 bits per heavy atom. The van der Waals surface area contributed by atoms with Gasteiger partial charge in [-0.25, -0.2) is 0 Å². The summed E-state index contributed by atoms with van der Waals surface area (Å²) in [6, 6.07) is 6.84. The predicted octanol–water partition coefficient (Wildman–Crippen LogP) is 3.99. The molecule has 0 radical (unpaired) electrons. The molecule has 0 aromatic heterocycles. The number of aryl methyl sites for hydroxylation is 2. The number of hydrogen-bond donors (Lipinski definition) is 0. The van der Waals surface area contributed by atoms with Crippen LogP contribution in [0.2, 0.25) is 0 Å². The highest BCUT2D eigenvalue weighted by molar-refractivity contribution is 5.33. The Bertz CT molecular complexity index is 275. The summed E-state index contributed by atoms with van der Waals surface area (Å²) in [5.41, 5.74) is 4.53. The van der Waals surface area contributed by atoms with E-state index in [4.69, 9.17) is 0 Å². The van der Waals surface area contributed by atoms with Gasteiger partial charge in [-0.1, -0.05) is 50.1 Å². The molecule has 0 aliphatic carbocycles. The van der Waals surface area contributed by atoms with Crippen molar-refractivity contribution in [1.82, 2.24) is 0 Å². The Labute approximate surface area is 82.0 Å². The maximum atomic E-state index is 2.31. The molecule has 0 spiro atoms. The van der Waals surface area contributed by atoms with Gasteiger partial charge in [0.1, 0.15) is 0 Å². The molecular formula is C13H20. The number of benzene rings is 1. The van der Waals surface area contributed by atoms with Crippen molar-refractivity contribution in [2.75, 3.05) is 0 Å². The van der Waals surface area contributed by atoms with Gasteiger partial charge in [-0.15, -0.1) is 0 Å². The van der Waals surface area contributed by atoms with Gasteiger partial charge in [0, 0.05) is 0 Å². The minimum atomic E-state index is 0.316. The van der Waals surface area contributed by atoms with Crippen LogP contribution in [0.4, 0.5) is 0 Å². The zero-order valence-electron chi connectivity index (χ0n) is 9.44. The van der Waals surface area contributed by atoms with Crippen LogP contribution in [0.1, 0.15) is 43.9 Å². The van der Waals surface area contributed by atoms with E-state index in [9.17, 15) is 0 Å². The molecule has 0 bridgehead atoms. The van der Waals surface area contributed by atoms with Crippen molar-refractivity contribution in [3.05, 3.63) is 34.9 Å². The van der Waals surface area contributed by atoms with Crippen LogP contribution < -0.4 is 0 Å². The van der Waals surface area contributed by atoms with Gasteiger partial charge in [0.25, 0.3) is 0 Å². The van der Waals surface area contributed by atoms with E-state index < -0.39 is 0 Å². The largest absolute Gasteiger partial charge is 0.0646 e. The quantitative estimate of drug-likeness (QED) is 0.639. The van der Waals surface area contributed by atoms with Gasteiger partial charge in [-0.2, -0.15) is 0 Å². The molecule has 0 heterocycles. The number of hydrogen-bond acceptors (Lipinski definition) is 0. The van der Waals surface area contributed by atoms with Gasteiger partial charge in [0.2, 0.25) is 0 Å². The lowest BCUT2D eigenvalue weighted by molar-refractivity contribution is 0.505. The molecule has 0 fully saturated rings. The van der Waals surface area contributed by atoms with Crippen LogP contribution in [-0.2, 0) is 5.41 Å². The van der Waals surface area contributed by atoms with Crippen LogP contribution in [0.15, 0.2) is 18.2 Å². The lowest BCUT2D eigenvalue weighted by atomic mass is 9.81. The fraction of sp³-hybridized carbons (Fsp3) is 0.538. The Morgan fingerprint density at radius 2 is 1.46 bits per heavy atom. The van der Waals surface area contributed by atoms with Crippen molar-refractivity contribution < 1.29 is 0 Å². The molecule has 0 aliphatic heterocycles. The van der Waals surface area contributed by atoms with E-state index in [2.05, 4.69) is 52.8 Å². The van der Waals surface area contributed by atoms with Crippen LogP contribution in [0.25, 0.3) is 0 Å². The van der Waals surface area contributed by atoms with Gasteiger partial charge in [0.15, 0.2) is 0 Å². The van der Waals surface area contributed by atoms with Crippen LogP contribution in [0, 0.1) is 13.8 Å². The summed E-state index contributed by atoms with van der Waals surface area (Å²) >= 11 is 0. The summed E-state index contributed by atoms with van der Waals surface area (Å²) in [4.78, 5) is 0. The average Bonchev–Trinajstić information content (AvgIpc) is 2.02. The van der Waals surface area contributed by atoms with E-state index in [0.717, 1.165) is 0 Å². The Balaban J connectivity index is 3.15. The topological polar surface area (TPSA) is 0 Å². The summed E-state index contributed by atoms with van der Waals surface area (Å²) < 4.78 is 0. The third kappa shape index (κ3) is 2.33. The molecule has 1 aromatic carbocycles. The van der Waals surface area contributed by atoms with Gasteiger partial charge in [0.05, 0.1) is 0 Å². The Morgan fingerprint density at radius 1 is 1.00 bits per heavy atom. The smallest absolute Gasteiger partial charge is 0.0106 e. The van der Waals surface area contributed by atoms with Gasteiger partial charge >= 0.3 is 0 Å². The van der Waals surface area contributed by atoms with E-state index in [0.29, 0.717) is 5.41 Å². The van der Waals surface area contributed by atoms with Crippen LogP contribution in [0.5, 0.6) is 0 Å². The summed E-state index contributed by atoms with van der Waals surface area (Å²) in [6.07, 6.45) is 1.19. The Hall–Kier alpha value is -0.780. The van der Waals surface area contributed by atoms with Crippen molar-refractivity contribution >= 4 is 0 Å². The molecule has 0 saturated heterocycles. The van der Waals surface area contributed by atoms with E-state index in [1.165, 1.54) is 23.1 Å². The zero-order valence-corrected chi connectivity index (χ0v) is 9.44. The average molecular weight is 176 g/mol. The second-order valence-electron chi connectivity index (χ2n) is 4.61. The molecule has 13 heavy (non-hydrogen) atoms. The lowest BCUT2D eigenvalue weighted by Gasteiger charge is -2.24. The highest BCUT2D eigenvalue weighted by atomic mass is 14.2. The van der Waals surface area contributed by atoms with Crippen molar-refractivity contribution in [3.63, 3.8) is 0 Å². The third-order valence-corrected chi connectivity index (χ3v) is 2.89. The second kappa shape index (κ2) is 3.53. The molecule has 0 amide bonds. The van der Waals surface area contributed by atoms with Gasteiger partial charge < -0.3 is 0 Å². The van der Waals surface area contributed by atoms with Crippen molar-refractivity contribution in [1.29, 1.82) is 0 Å². The third-order valence-electron chi connectivity index (χ3n) is 2.89. The molecule has 72 valence electrons. The van der Waals surface area contributed by atoms with Gasteiger partial charge in [-0.3, -0.25) is 0 Å². The van der Waals surface area contributed by atoms with E-state index in [1.54, 1.807) is 0 Å². The minimum absolute atomic E-state index is 0.316. The first-order chi connectivity index (χ1) is 5.95.